The van der Waals surface area contributed by atoms with Gasteiger partial charge in [0, 0.05) is 31.1 Å². The summed E-state index contributed by atoms with van der Waals surface area (Å²) in [5, 5.41) is 2.59. The van der Waals surface area contributed by atoms with Gasteiger partial charge < -0.3 is 20.5 Å². The minimum absolute atomic E-state index is 0.00514. The number of rotatable bonds is 9. The molecule has 1 saturated heterocycles. The van der Waals surface area contributed by atoms with E-state index >= 15 is 0 Å². The molecule has 2 aromatic rings. The summed E-state index contributed by atoms with van der Waals surface area (Å²) >= 11 is 0. The number of hydrogen-bond acceptors (Lipinski definition) is 6. The van der Waals surface area contributed by atoms with Gasteiger partial charge >= 0.3 is 0 Å². The number of Topliss-reactive ketones (excluding diaryl/α,β-unsaturated/α-hetero) is 1. The SMILES string of the molecule is CNC(=O)c1cc(C(=O)CCCCC2OCC(N)CO2)cc(Cc2cccc(C)c2)n1. The smallest absolute Gasteiger partial charge is 0.269 e. The number of aromatic nitrogens is 1. The number of hydrogen-bond donors (Lipinski definition) is 2. The summed E-state index contributed by atoms with van der Waals surface area (Å²) in [6.45, 7) is 3.05. The lowest BCUT2D eigenvalue weighted by atomic mass is 10.0. The van der Waals surface area contributed by atoms with Gasteiger partial charge in [-0.05, 0) is 43.9 Å². The van der Waals surface area contributed by atoms with Crippen LogP contribution in [-0.2, 0) is 15.9 Å². The fraction of sp³-hybridized carbons (Fsp3) is 0.458. The molecular weight excluding hydrogens is 394 g/mol. The lowest BCUT2D eigenvalue weighted by Crippen LogP contribution is -2.41. The Bertz CT molecular complexity index is 907. The van der Waals surface area contributed by atoms with E-state index in [-0.39, 0.29) is 29.7 Å². The maximum atomic E-state index is 12.8. The second-order valence-electron chi connectivity index (χ2n) is 8.00. The van der Waals surface area contributed by atoms with E-state index in [1.807, 2.05) is 25.1 Å². The third kappa shape index (κ3) is 6.95. The molecular formula is C24H31N3O4. The van der Waals surface area contributed by atoms with Crippen molar-refractivity contribution in [3.8, 4) is 0 Å². The van der Waals surface area contributed by atoms with E-state index < -0.39 is 0 Å². The number of carbonyl (C=O) groups excluding carboxylic acids is 2. The normalized spacial score (nSPS) is 18.5. The van der Waals surface area contributed by atoms with Crippen molar-refractivity contribution in [1.82, 2.24) is 10.3 Å². The summed E-state index contributed by atoms with van der Waals surface area (Å²) in [6, 6.07) is 11.4. The summed E-state index contributed by atoms with van der Waals surface area (Å²) in [5.74, 6) is -0.296. The van der Waals surface area contributed by atoms with Gasteiger partial charge in [0.1, 0.15) is 5.69 Å². The van der Waals surface area contributed by atoms with E-state index in [2.05, 4.69) is 16.4 Å². The van der Waals surface area contributed by atoms with Crippen LogP contribution in [0.15, 0.2) is 36.4 Å². The van der Waals surface area contributed by atoms with Gasteiger partial charge in [0.2, 0.25) is 0 Å². The minimum atomic E-state index is -0.301. The second kappa shape index (κ2) is 11.1. The summed E-state index contributed by atoms with van der Waals surface area (Å²) in [6.07, 6.45) is 2.99. The third-order valence-electron chi connectivity index (χ3n) is 5.21. The standard InChI is InChI=1S/C24H31N3O4/c1-16-6-5-7-17(10-16)11-20-12-18(13-21(27-20)24(29)26-2)22(28)8-3-4-9-23-30-14-19(25)15-31-23/h5-7,10,12-13,19,23H,3-4,8-9,11,14-15,25H2,1-2H3,(H,26,29). The number of aryl methyl sites for hydroxylation is 1. The summed E-state index contributed by atoms with van der Waals surface area (Å²) in [7, 11) is 1.56. The average Bonchev–Trinajstić information content (AvgIpc) is 2.77. The second-order valence-corrected chi connectivity index (χ2v) is 8.00. The van der Waals surface area contributed by atoms with Gasteiger partial charge in [-0.3, -0.25) is 9.59 Å². The zero-order valence-corrected chi connectivity index (χ0v) is 18.2. The summed E-state index contributed by atoms with van der Waals surface area (Å²) < 4.78 is 11.1. The Labute approximate surface area is 183 Å². The fourth-order valence-electron chi connectivity index (χ4n) is 3.58. The largest absolute Gasteiger partial charge is 0.354 e. The number of ketones is 1. The van der Waals surface area contributed by atoms with Crippen LogP contribution in [0, 0.1) is 6.92 Å². The van der Waals surface area contributed by atoms with Crippen molar-refractivity contribution in [3.05, 3.63) is 64.5 Å². The number of benzene rings is 1. The number of ether oxygens (including phenoxy) is 2. The zero-order valence-electron chi connectivity index (χ0n) is 18.2. The summed E-state index contributed by atoms with van der Waals surface area (Å²) in [4.78, 5) is 29.5. The number of unbranched alkanes of at least 4 members (excludes halogenated alkanes) is 1. The van der Waals surface area contributed by atoms with Gasteiger partial charge in [0.05, 0.1) is 19.3 Å². The van der Waals surface area contributed by atoms with E-state index in [0.717, 1.165) is 30.4 Å². The Kier molecular flexibility index (Phi) is 8.28. The third-order valence-corrected chi connectivity index (χ3v) is 5.21. The van der Waals surface area contributed by atoms with Crippen molar-refractivity contribution in [3.63, 3.8) is 0 Å². The molecule has 1 aliphatic heterocycles. The molecule has 0 atom stereocenters. The van der Waals surface area contributed by atoms with Gasteiger partial charge in [0.25, 0.3) is 5.91 Å². The van der Waals surface area contributed by atoms with E-state index in [9.17, 15) is 9.59 Å². The maximum Gasteiger partial charge on any atom is 0.269 e. The van der Waals surface area contributed by atoms with E-state index in [4.69, 9.17) is 15.2 Å². The molecule has 1 aliphatic rings. The van der Waals surface area contributed by atoms with Crippen LogP contribution in [0.1, 0.15) is 63.4 Å². The molecule has 1 aromatic carbocycles. The monoisotopic (exact) mass is 425 g/mol. The molecule has 7 heteroatoms. The molecule has 0 radical (unpaired) electrons. The molecule has 166 valence electrons. The first-order valence-electron chi connectivity index (χ1n) is 10.7. The van der Waals surface area contributed by atoms with E-state index in [1.165, 1.54) is 0 Å². The molecule has 3 rings (SSSR count). The zero-order chi connectivity index (χ0) is 22.2. The molecule has 3 N–H and O–H groups in total. The topological polar surface area (TPSA) is 104 Å². The van der Waals surface area contributed by atoms with Crippen LogP contribution in [-0.4, -0.2) is 49.3 Å². The Hall–Kier alpha value is -2.61. The first kappa shape index (κ1) is 23.1. The molecule has 31 heavy (non-hydrogen) atoms. The Balaban J connectivity index is 1.62. The Morgan fingerprint density at radius 3 is 2.65 bits per heavy atom. The first-order chi connectivity index (χ1) is 14.9. The van der Waals surface area contributed by atoms with Crippen LogP contribution in [0.25, 0.3) is 0 Å². The van der Waals surface area contributed by atoms with Crippen molar-refractivity contribution in [1.29, 1.82) is 0 Å². The highest BCUT2D eigenvalue weighted by Gasteiger charge is 2.19. The molecule has 7 nitrogen and oxygen atoms in total. The number of carbonyl (C=O) groups is 2. The fourth-order valence-corrected chi connectivity index (χ4v) is 3.58. The number of amides is 1. The highest BCUT2D eigenvalue weighted by Crippen LogP contribution is 2.17. The van der Waals surface area contributed by atoms with Gasteiger partial charge in [-0.1, -0.05) is 29.8 Å². The van der Waals surface area contributed by atoms with Crippen LogP contribution in [0.2, 0.25) is 0 Å². The van der Waals surface area contributed by atoms with Crippen molar-refractivity contribution in [2.24, 2.45) is 5.73 Å². The van der Waals surface area contributed by atoms with E-state index in [0.29, 0.717) is 37.3 Å². The molecule has 1 fully saturated rings. The molecule has 0 spiro atoms. The molecule has 0 saturated carbocycles. The van der Waals surface area contributed by atoms with Gasteiger partial charge in [0.15, 0.2) is 12.1 Å². The highest BCUT2D eigenvalue weighted by atomic mass is 16.7. The molecule has 2 heterocycles. The number of nitrogens with one attached hydrogen (secondary N) is 1. The minimum Gasteiger partial charge on any atom is -0.354 e. The summed E-state index contributed by atoms with van der Waals surface area (Å²) in [5.41, 5.74) is 9.47. The molecule has 0 unspecified atom stereocenters. The maximum absolute atomic E-state index is 12.8. The molecule has 1 amide bonds. The predicted octanol–water partition coefficient (Wildman–Crippen LogP) is 2.78. The molecule has 1 aromatic heterocycles. The van der Waals surface area contributed by atoms with Crippen molar-refractivity contribution in [2.45, 2.75) is 51.4 Å². The lowest BCUT2D eigenvalue weighted by molar-refractivity contribution is -0.188. The van der Waals surface area contributed by atoms with Gasteiger partial charge in [-0.25, -0.2) is 4.98 Å². The van der Waals surface area contributed by atoms with Crippen molar-refractivity contribution >= 4 is 11.7 Å². The number of nitrogens with two attached hydrogens (primary N) is 1. The first-order valence-corrected chi connectivity index (χ1v) is 10.7. The Morgan fingerprint density at radius 1 is 1.16 bits per heavy atom. The number of pyridine rings is 1. The van der Waals surface area contributed by atoms with Crippen molar-refractivity contribution < 1.29 is 19.1 Å². The molecule has 0 aliphatic carbocycles. The quantitative estimate of drug-likeness (QED) is 0.473. The Morgan fingerprint density at radius 2 is 1.94 bits per heavy atom. The van der Waals surface area contributed by atoms with Crippen LogP contribution >= 0.6 is 0 Å². The lowest BCUT2D eigenvalue weighted by Gasteiger charge is -2.27. The van der Waals surface area contributed by atoms with Crippen LogP contribution < -0.4 is 11.1 Å². The number of nitrogens with zero attached hydrogens (tertiary/aromatic N) is 1. The predicted molar refractivity (Wildman–Crippen MR) is 118 cm³/mol. The highest BCUT2D eigenvalue weighted by molar-refractivity contribution is 5.99. The van der Waals surface area contributed by atoms with Crippen LogP contribution in [0.5, 0.6) is 0 Å². The van der Waals surface area contributed by atoms with Gasteiger partial charge in [-0.15, -0.1) is 0 Å². The molecule has 0 bridgehead atoms. The van der Waals surface area contributed by atoms with Crippen LogP contribution in [0.4, 0.5) is 0 Å². The average molecular weight is 426 g/mol. The van der Waals surface area contributed by atoms with E-state index in [1.54, 1.807) is 19.2 Å². The van der Waals surface area contributed by atoms with Crippen LogP contribution in [0.3, 0.4) is 0 Å². The van der Waals surface area contributed by atoms with Gasteiger partial charge in [-0.2, -0.15) is 0 Å². The van der Waals surface area contributed by atoms with Crippen molar-refractivity contribution in [2.75, 3.05) is 20.3 Å².